The predicted molar refractivity (Wildman–Crippen MR) is 120 cm³/mol. The minimum Gasteiger partial charge on any atom is -0.485 e. The highest BCUT2D eigenvalue weighted by Gasteiger charge is 2.21. The van der Waals surface area contributed by atoms with Crippen molar-refractivity contribution >= 4 is 17.7 Å². The minimum atomic E-state index is -0.330. The first kappa shape index (κ1) is 21.6. The van der Waals surface area contributed by atoms with E-state index in [1.807, 2.05) is 73.9 Å². The van der Waals surface area contributed by atoms with Gasteiger partial charge in [0.15, 0.2) is 11.0 Å². The summed E-state index contributed by atoms with van der Waals surface area (Å²) >= 11 is 1.36. The van der Waals surface area contributed by atoms with E-state index in [9.17, 15) is 4.79 Å². The van der Waals surface area contributed by atoms with Crippen molar-refractivity contribution in [2.24, 2.45) is 0 Å². The summed E-state index contributed by atoms with van der Waals surface area (Å²) in [5.41, 5.74) is 3.06. The fraction of sp³-hybridized carbons (Fsp3) is 0.261. The number of nitrogens with zero attached hydrogens (tertiary/aromatic N) is 3. The monoisotopic (exact) mass is 422 g/mol. The van der Waals surface area contributed by atoms with Crippen LogP contribution in [0.2, 0.25) is 0 Å². The van der Waals surface area contributed by atoms with Crippen LogP contribution in [0, 0.1) is 13.8 Å². The molecule has 1 N–H and O–H groups in total. The number of ether oxygens (including phenoxy) is 1. The summed E-state index contributed by atoms with van der Waals surface area (Å²) in [6.07, 6.45) is 1.66. The maximum Gasteiger partial charge on any atom is 0.233 e. The minimum absolute atomic E-state index is 0.0733. The molecule has 1 aromatic heterocycles. The van der Waals surface area contributed by atoms with Gasteiger partial charge in [0.25, 0.3) is 0 Å². The van der Waals surface area contributed by atoms with Crippen molar-refractivity contribution in [3.63, 3.8) is 0 Å². The van der Waals surface area contributed by atoms with Crippen molar-refractivity contribution < 1.29 is 9.53 Å². The van der Waals surface area contributed by atoms with E-state index in [0.29, 0.717) is 17.5 Å². The summed E-state index contributed by atoms with van der Waals surface area (Å²) in [5, 5.41) is 11.8. The molecule has 0 aliphatic carbocycles. The van der Waals surface area contributed by atoms with Crippen molar-refractivity contribution in [3.05, 3.63) is 78.1 Å². The van der Waals surface area contributed by atoms with Gasteiger partial charge < -0.3 is 10.1 Å². The van der Waals surface area contributed by atoms with Crippen LogP contribution in [0.15, 0.2) is 66.3 Å². The third-order valence-corrected chi connectivity index (χ3v) is 5.58. The lowest BCUT2D eigenvalue weighted by molar-refractivity contribution is -0.120. The van der Waals surface area contributed by atoms with Crippen molar-refractivity contribution in [2.75, 3.05) is 6.54 Å². The number of rotatable bonds is 9. The lowest BCUT2D eigenvalue weighted by Crippen LogP contribution is -2.31. The van der Waals surface area contributed by atoms with E-state index in [2.05, 4.69) is 22.1 Å². The molecule has 1 atom stereocenters. The highest BCUT2D eigenvalue weighted by atomic mass is 32.2. The summed E-state index contributed by atoms with van der Waals surface area (Å²) < 4.78 is 8.05. The Kier molecular flexibility index (Phi) is 7.30. The molecule has 0 unspecified atom stereocenters. The number of thioether (sulfide) groups is 1. The van der Waals surface area contributed by atoms with Crippen LogP contribution in [-0.2, 0) is 11.4 Å². The second kappa shape index (κ2) is 10.1. The Morgan fingerprint density at radius 2 is 1.87 bits per heavy atom. The zero-order valence-corrected chi connectivity index (χ0v) is 18.3. The summed E-state index contributed by atoms with van der Waals surface area (Å²) in [7, 11) is 0. The van der Waals surface area contributed by atoms with Crippen LogP contribution in [0.25, 0.3) is 5.69 Å². The van der Waals surface area contributed by atoms with E-state index in [4.69, 9.17) is 4.74 Å². The number of amides is 1. The standard InChI is InChI=1S/C23H26N4O2S/c1-5-14-24-22(28)18(4)30-23-26-25-20(27(23)19-12-7-6-8-13-19)15-29-21-16(2)10-9-11-17(21)3/h5-13,18H,1,14-15H2,2-4H3,(H,24,28)/t18-/m1/s1. The topological polar surface area (TPSA) is 69.0 Å². The molecule has 0 radical (unpaired) electrons. The van der Waals surface area contributed by atoms with E-state index < -0.39 is 0 Å². The quantitative estimate of drug-likeness (QED) is 0.412. The maximum atomic E-state index is 12.3. The first-order chi connectivity index (χ1) is 14.5. The molecule has 0 bridgehead atoms. The predicted octanol–water partition coefficient (Wildman–Crippen LogP) is 4.25. The van der Waals surface area contributed by atoms with Gasteiger partial charge >= 0.3 is 0 Å². The van der Waals surface area contributed by atoms with Crippen molar-refractivity contribution in [1.29, 1.82) is 0 Å². The summed E-state index contributed by atoms with van der Waals surface area (Å²) in [6.45, 7) is 10.2. The number of carbonyl (C=O) groups excluding carboxylic acids is 1. The van der Waals surface area contributed by atoms with Gasteiger partial charge in [0, 0.05) is 12.2 Å². The van der Waals surface area contributed by atoms with Gasteiger partial charge in [-0.15, -0.1) is 16.8 Å². The number of para-hydroxylation sites is 2. The van der Waals surface area contributed by atoms with E-state index in [1.165, 1.54) is 11.8 Å². The molecule has 7 heteroatoms. The molecule has 1 heterocycles. The molecule has 3 rings (SSSR count). The Morgan fingerprint density at radius 1 is 1.17 bits per heavy atom. The average Bonchev–Trinajstić information content (AvgIpc) is 3.14. The molecule has 0 saturated carbocycles. The van der Waals surface area contributed by atoms with Gasteiger partial charge in [-0.05, 0) is 44.0 Å². The summed E-state index contributed by atoms with van der Waals surface area (Å²) in [4.78, 5) is 12.3. The lowest BCUT2D eigenvalue weighted by Gasteiger charge is -2.15. The van der Waals surface area contributed by atoms with Gasteiger partial charge in [0.05, 0.1) is 5.25 Å². The first-order valence-corrected chi connectivity index (χ1v) is 10.6. The molecular formula is C23H26N4O2S. The molecule has 6 nitrogen and oxygen atoms in total. The molecule has 0 aliphatic rings. The maximum absolute atomic E-state index is 12.3. The molecule has 156 valence electrons. The number of aromatic nitrogens is 3. The Bertz CT molecular complexity index is 997. The number of aryl methyl sites for hydroxylation is 2. The number of nitrogens with one attached hydrogen (secondary N) is 1. The summed E-state index contributed by atoms with van der Waals surface area (Å²) in [6, 6.07) is 15.9. The molecule has 0 spiro atoms. The second-order valence-electron chi connectivity index (χ2n) is 6.87. The normalized spacial score (nSPS) is 11.7. The molecule has 0 fully saturated rings. The third kappa shape index (κ3) is 5.10. The number of benzene rings is 2. The Hall–Kier alpha value is -3.06. The van der Waals surface area contributed by atoms with Crippen molar-refractivity contribution in [2.45, 2.75) is 37.8 Å². The van der Waals surface area contributed by atoms with Gasteiger partial charge in [0.1, 0.15) is 12.4 Å². The SMILES string of the molecule is C=CCNC(=O)[C@@H](C)Sc1nnc(COc2c(C)cccc2C)n1-c1ccccc1. The average molecular weight is 423 g/mol. The number of carbonyl (C=O) groups is 1. The van der Waals surface area contributed by atoms with Gasteiger partial charge in [-0.1, -0.05) is 54.2 Å². The van der Waals surface area contributed by atoms with Gasteiger partial charge in [-0.2, -0.15) is 0 Å². The Balaban J connectivity index is 1.87. The fourth-order valence-corrected chi connectivity index (χ4v) is 3.91. The van der Waals surface area contributed by atoms with E-state index in [1.54, 1.807) is 6.08 Å². The number of hydrogen-bond donors (Lipinski definition) is 1. The molecule has 1 amide bonds. The smallest absolute Gasteiger partial charge is 0.233 e. The highest BCUT2D eigenvalue weighted by molar-refractivity contribution is 8.00. The summed E-state index contributed by atoms with van der Waals surface area (Å²) in [5.74, 6) is 1.45. The third-order valence-electron chi connectivity index (χ3n) is 4.54. The van der Waals surface area contributed by atoms with Crippen molar-refractivity contribution in [3.8, 4) is 11.4 Å². The fourth-order valence-electron chi connectivity index (χ4n) is 3.00. The molecule has 30 heavy (non-hydrogen) atoms. The van der Waals surface area contributed by atoms with Crippen LogP contribution in [0.4, 0.5) is 0 Å². The van der Waals surface area contributed by atoms with Crippen LogP contribution in [0.3, 0.4) is 0 Å². The molecule has 0 saturated heterocycles. The molecule has 2 aromatic carbocycles. The van der Waals surface area contributed by atoms with Gasteiger partial charge in [-0.25, -0.2) is 0 Å². The van der Waals surface area contributed by atoms with E-state index >= 15 is 0 Å². The highest BCUT2D eigenvalue weighted by Crippen LogP contribution is 2.28. The largest absolute Gasteiger partial charge is 0.485 e. The molecule has 0 aliphatic heterocycles. The zero-order chi connectivity index (χ0) is 21.5. The number of hydrogen-bond acceptors (Lipinski definition) is 5. The first-order valence-electron chi connectivity index (χ1n) is 9.75. The van der Waals surface area contributed by atoms with Gasteiger partial charge in [0.2, 0.25) is 5.91 Å². The van der Waals surface area contributed by atoms with Crippen LogP contribution >= 0.6 is 11.8 Å². The van der Waals surface area contributed by atoms with Gasteiger partial charge in [-0.3, -0.25) is 9.36 Å². The Labute approximate surface area is 181 Å². The van der Waals surface area contributed by atoms with Crippen LogP contribution in [-0.4, -0.2) is 32.5 Å². The zero-order valence-electron chi connectivity index (χ0n) is 17.5. The van der Waals surface area contributed by atoms with E-state index in [-0.39, 0.29) is 17.8 Å². The molecular weight excluding hydrogens is 396 g/mol. The lowest BCUT2D eigenvalue weighted by atomic mass is 10.1. The van der Waals surface area contributed by atoms with Crippen LogP contribution < -0.4 is 10.1 Å². The second-order valence-corrected chi connectivity index (χ2v) is 8.18. The molecule has 3 aromatic rings. The van der Waals surface area contributed by atoms with Crippen molar-refractivity contribution in [1.82, 2.24) is 20.1 Å². The Morgan fingerprint density at radius 3 is 2.53 bits per heavy atom. The van der Waals surface area contributed by atoms with E-state index in [0.717, 1.165) is 22.6 Å². The van der Waals surface area contributed by atoms with Crippen LogP contribution in [0.1, 0.15) is 23.9 Å². The van der Waals surface area contributed by atoms with Crippen LogP contribution in [0.5, 0.6) is 5.75 Å².